The predicted molar refractivity (Wildman–Crippen MR) is 133 cm³/mol. The Balaban J connectivity index is 1.16. The zero-order chi connectivity index (χ0) is 23.2. The summed E-state index contributed by atoms with van der Waals surface area (Å²) >= 11 is 1.41. The van der Waals surface area contributed by atoms with E-state index in [4.69, 9.17) is 5.73 Å². The van der Waals surface area contributed by atoms with E-state index >= 15 is 0 Å². The van der Waals surface area contributed by atoms with E-state index in [1.54, 1.807) is 10.9 Å². The molecule has 8 heteroatoms. The Morgan fingerprint density at radius 3 is 2.68 bits per heavy atom. The molecule has 34 heavy (non-hydrogen) atoms. The van der Waals surface area contributed by atoms with Crippen LogP contribution in [0, 0.1) is 5.92 Å². The molecule has 7 nitrogen and oxygen atoms in total. The van der Waals surface area contributed by atoms with E-state index in [0.717, 1.165) is 28.5 Å². The Morgan fingerprint density at radius 1 is 1.09 bits per heavy atom. The zero-order valence-corrected chi connectivity index (χ0v) is 19.4. The second-order valence-electron chi connectivity index (χ2n) is 9.11. The van der Waals surface area contributed by atoms with Gasteiger partial charge in [-0.3, -0.25) is 9.59 Å². The van der Waals surface area contributed by atoms with Crippen molar-refractivity contribution in [3.8, 4) is 11.1 Å². The molecule has 2 aliphatic heterocycles. The summed E-state index contributed by atoms with van der Waals surface area (Å²) < 4.78 is 0. The number of carbonyl (C=O) groups is 2. The van der Waals surface area contributed by atoms with Crippen LogP contribution >= 0.6 is 11.3 Å². The van der Waals surface area contributed by atoms with Crippen LogP contribution in [0.15, 0.2) is 65.6 Å². The lowest BCUT2D eigenvalue weighted by Crippen LogP contribution is -2.61. The summed E-state index contributed by atoms with van der Waals surface area (Å²) in [4.78, 5) is 37.3. The Kier molecular flexibility index (Phi) is 5.19. The number of carbonyl (C=O) groups excluding carboxylic acids is 2. The molecule has 4 heterocycles. The summed E-state index contributed by atoms with van der Waals surface area (Å²) in [6, 6.07) is 15.9. The number of H-pyrrole nitrogens is 1. The minimum atomic E-state index is -0.0727. The molecule has 2 saturated heterocycles. The van der Waals surface area contributed by atoms with Crippen LogP contribution in [0.25, 0.3) is 22.0 Å². The number of benzene rings is 2. The minimum Gasteiger partial charge on any atom is -0.361 e. The highest BCUT2D eigenvalue weighted by molar-refractivity contribution is 7.07. The molecule has 2 aromatic carbocycles. The number of aromatic nitrogens is 2. The Morgan fingerprint density at radius 2 is 1.91 bits per heavy atom. The van der Waals surface area contributed by atoms with Gasteiger partial charge in [-0.2, -0.15) is 0 Å². The lowest BCUT2D eigenvalue weighted by atomic mass is 9.87. The molecule has 0 radical (unpaired) electrons. The number of amides is 2. The molecule has 2 aromatic heterocycles. The molecule has 0 saturated carbocycles. The summed E-state index contributed by atoms with van der Waals surface area (Å²) in [5.74, 6) is 0.135. The number of nitrogens with one attached hydrogen (secondary N) is 1. The van der Waals surface area contributed by atoms with Gasteiger partial charge in [0, 0.05) is 65.2 Å². The van der Waals surface area contributed by atoms with Gasteiger partial charge in [-0.15, -0.1) is 11.3 Å². The lowest BCUT2D eigenvalue weighted by molar-refractivity contribution is 0.0243. The number of thiazole rings is 1. The van der Waals surface area contributed by atoms with Gasteiger partial charge in [0.25, 0.3) is 11.8 Å². The summed E-state index contributed by atoms with van der Waals surface area (Å²) in [6.07, 6.45) is 2.77. The van der Waals surface area contributed by atoms with Crippen LogP contribution in [-0.4, -0.2) is 63.3 Å². The molecule has 2 aliphatic rings. The van der Waals surface area contributed by atoms with Crippen molar-refractivity contribution in [1.82, 2.24) is 19.8 Å². The van der Waals surface area contributed by atoms with Crippen molar-refractivity contribution in [2.24, 2.45) is 11.7 Å². The molecule has 4 aromatic rings. The third-order valence-corrected chi connectivity index (χ3v) is 7.69. The number of hydrogen-bond donors (Lipinski definition) is 2. The molecule has 2 amide bonds. The van der Waals surface area contributed by atoms with Gasteiger partial charge in [-0.05, 0) is 24.1 Å². The van der Waals surface area contributed by atoms with Gasteiger partial charge in [0.2, 0.25) is 0 Å². The largest absolute Gasteiger partial charge is 0.361 e. The summed E-state index contributed by atoms with van der Waals surface area (Å²) in [7, 11) is 0. The second-order valence-corrected chi connectivity index (χ2v) is 9.83. The van der Waals surface area contributed by atoms with Crippen LogP contribution in [0.3, 0.4) is 0 Å². The molecular weight excluding hydrogens is 446 g/mol. The number of nitrogens with zero attached hydrogens (tertiary/aromatic N) is 3. The van der Waals surface area contributed by atoms with Gasteiger partial charge in [0.1, 0.15) is 5.69 Å². The molecule has 172 valence electrons. The molecule has 6 rings (SSSR count). The smallest absolute Gasteiger partial charge is 0.273 e. The Labute approximate surface area is 201 Å². The molecule has 2 unspecified atom stereocenters. The van der Waals surface area contributed by atoms with Crippen LogP contribution in [0.5, 0.6) is 0 Å². The Bertz CT molecular complexity index is 1340. The second kappa shape index (κ2) is 8.38. The first-order chi connectivity index (χ1) is 16.6. The predicted octanol–water partition coefficient (Wildman–Crippen LogP) is 3.61. The number of likely N-dealkylation sites (tertiary alicyclic amines) is 2. The van der Waals surface area contributed by atoms with Gasteiger partial charge in [-0.1, -0.05) is 36.4 Å². The number of aromatic amines is 1. The van der Waals surface area contributed by atoms with E-state index in [-0.39, 0.29) is 29.8 Å². The van der Waals surface area contributed by atoms with E-state index in [1.165, 1.54) is 11.3 Å². The molecule has 2 atom stereocenters. The molecule has 0 bridgehead atoms. The van der Waals surface area contributed by atoms with E-state index in [1.807, 2.05) is 52.4 Å². The van der Waals surface area contributed by atoms with Crippen molar-refractivity contribution in [2.45, 2.75) is 18.5 Å². The third-order valence-electron chi connectivity index (χ3n) is 7.11. The fourth-order valence-corrected chi connectivity index (χ4v) is 5.86. The van der Waals surface area contributed by atoms with Crippen molar-refractivity contribution < 1.29 is 9.59 Å². The van der Waals surface area contributed by atoms with Crippen molar-refractivity contribution >= 4 is 34.1 Å². The normalized spacial score (nSPS) is 20.6. The minimum absolute atomic E-state index is 0.0120. The highest BCUT2D eigenvalue weighted by Gasteiger charge is 2.46. The number of rotatable bonds is 4. The van der Waals surface area contributed by atoms with Crippen LogP contribution in [0.4, 0.5) is 0 Å². The van der Waals surface area contributed by atoms with E-state index in [9.17, 15) is 9.59 Å². The first-order valence-electron chi connectivity index (χ1n) is 11.5. The average molecular weight is 472 g/mol. The monoisotopic (exact) mass is 471 g/mol. The average Bonchev–Trinajstić information content (AvgIpc) is 3.58. The molecule has 0 spiro atoms. The maximum atomic E-state index is 13.2. The lowest BCUT2D eigenvalue weighted by Gasteiger charge is -2.45. The summed E-state index contributed by atoms with van der Waals surface area (Å²) in [5, 5.41) is 2.87. The fraction of sp³-hybridized carbons (Fsp3) is 0.269. The zero-order valence-electron chi connectivity index (χ0n) is 18.6. The van der Waals surface area contributed by atoms with Crippen molar-refractivity contribution in [3.63, 3.8) is 0 Å². The standard InChI is InChI=1S/C26H25N5O2S/c27-21-8-9-31(26(33)23-14-34-15-29-23)24(21)18-12-30(13-18)25(32)17-6-7-19-20(11-28-22(19)10-17)16-4-2-1-3-5-16/h1-7,10-11,14-15,18,21,24,28H,8-9,12-13,27H2. The number of nitrogens with two attached hydrogens (primary N) is 1. The molecule has 0 aliphatic carbocycles. The first-order valence-corrected chi connectivity index (χ1v) is 12.4. The van der Waals surface area contributed by atoms with Crippen LogP contribution < -0.4 is 5.73 Å². The maximum Gasteiger partial charge on any atom is 0.273 e. The van der Waals surface area contributed by atoms with Gasteiger partial charge in [0.15, 0.2) is 0 Å². The number of hydrogen-bond acceptors (Lipinski definition) is 5. The molecule has 3 N–H and O–H groups in total. The summed E-state index contributed by atoms with van der Waals surface area (Å²) in [5.41, 5.74) is 12.4. The van der Waals surface area contributed by atoms with Gasteiger partial charge in [0.05, 0.1) is 11.6 Å². The van der Waals surface area contributed by atoms with Crippen LogP contribution in [0.2, 0.25) is 0 Å². The van der Waals surface area contributed by atoms with E-state index in [0.29, 0.717) is 30.9 Å². The van der Waals surface area contributed by atoms with Gasteiger partial charge < -0.3 is 20.5 Å². The fourth-order valence-electron chi connectivity index (χ4n) is 5.34. The first kappa shape index (κ1) is 21.1. The molecular formula is C26H25N5O2S. The quantitative estimate of drug-likeness (QED) is 0.475. The van der Waals surface area contributed by atoms with Crippen LogP contribution in [0.1, 0.15) is 27.3 Å². The van der Waals surface area contributed by atoms with E-state index < -0.39 is 0 Å². The topological polar surface area (TPSA) is 95.3 Å². The summed E-state index contributed by atoms with van der Waals surface area (Å²) in [6.45, 7) is 1.85. The van der Waals surface area contributed by atoms with E-state index in [2.05, 4.69) is 22.1 Å². The highest BCUT2D eigenvalue weighted by atomic mass is 32.1. The van der Waals surface area contributed by atoms with Crippen molar-refractivity contribution in [1.29, 1.82) is 0 Å². The highest BCUT2D eigenvalue weighted by Crippen LogP contribution is 2.33. The molecule has 2 fully saturated rings. The van der Waals surface area contributed by atoms with Crippen molar-refractivity contribution in [2.75, 3.05) is 19.6 Å². The van der Waals surface area contributed by atoms with Crippen LogP contribution in [-0.2, 0) is 0 Å². The van der Waals surface area contributed by atoms with Gasteiger partial charge in [-0.25, -0.2) is 4.98 Å². The third kappa shape index (κ3) is 3.50. The Hall–Kier alpha value is -3.49. The maximum absolute atomic E-state index is 13.2. The van der Waals surface area contributed by atoms with Crippen molar-refractivity contribution in [3.05, 3.63) is 76.9 Å². The number of fused-ring (bicyclic) bond motifs is 1. The SMILES string of the molecule is NC1CCN(C(=O)c2cscn2)C1C1CN(C(=O)c2ccc3c(-c4ccccc4)c[nH]c3c2)C1. The van der Waals surface area contributed by atoms with Gasteiger partial charge >= 0.3 is 0 Å².